The molecule has 0 spiro atoms. The standard InChI is InChI=1S/C16H14ClNO2/c1-19-15-8-13(9-16(10-15)20-2)12-5-11(3-4-18)6-14(17)7-12/h5-10H,3H2,1-2H3. The Bertz CT molecular complexity index is 640. The van der Waals surface area contributed by atoms with Crippen molar-refractivity contribution in [3.63, 3.8) is 0 Å². The van der Waals surface area contributed by atoms with Crippen LogP contribution < -0.4 is 9.47 Å². The smallest absolute Gasteiger partial charge is 0.123 e. The first-order valence-electron chi connectivity index (χ1n) is 6.06. The highest BCUT2D eigenvalue weighted by Gasteiger charge is 2.07. The predicted octanol–water partition coefficient (Wildman–Crippen LogP) is 4.09. The maximum absolute atomic E-state index is 8.80. The van der Waals surface area contributed by atoms with Gasteiger partial charge < -0.3 is 9.47 Å². The lowest BCUT2D eigenvalue weighted by Crippen LogP contribution is -1.90. The van der Waals surface area contributed by atoms with Gasteiger partial charge in [-0.2, -0.15) is 5.26 Å². The fraction of sp³-hybridized carbons (Fsp3) is 0.188. The zero-order valence-corrected chi connectivity index (χ0v) is 12.1. The summed E-state index contributed by atoms with van der Waals surface area (Å²) in [6, 6.07) is 13.4. The van der Waals surface area contributed by atoms with E-state index >= 15 is 0 Å². The van der Waals surface area contributed by atoms with Crippen LogP contribution >= 0.6 is 11.6 Å². The SMILES string of the molecule is COc1cc(OC)cc(-c2cc(Cl)cc(CC#N)c2)c1. The summed E-state index contributed by atoms with van der Waals surface area (Å²) in [7, 11) is 3.22. The quantitative estimate of drug-likeness (QED) is 0.850. The number of hydrogen-bond acceptors (Lipinski definition) is 3. The molecule has 3 nitrogen and oxygen atoms in total. The van der Waals surface area contributed by atoms with Crippen molar-refractivity contribution < 1.29 is 9.47 Å². The molecular weight excluding hydrogens is 274 g/mol. The molecule has 0 bridgehead atoms. The van der Waals surface area contributed by atoms with E-state index in [4.69, 9.17) is 26.3 Å². The highest BCUT2D eigenvalue weighted by molar-refractivity contribution is 6.31. The summed E-state index contributed by atoms with van der Waals surface area (Å²) in [5.41, 5.74) is 2.75. The van der Waals surface area contributed by atoms with Gasteiger partial charge in [-0.1, -0.05) is 17.7 Å². The van der Waals surface area contributed by atoms with Crippen LogP contribution in [-0.2, 0) is 6.42 Å². The molecule has 0 N–H and O–H groups in total. The Balaban J connectivity index is 2.52. The summed E-state index contributed by atoms with van der Waals surface area (Å²) in [5, 5.41) is 9.41. The zero-order valence-electron chi connectivity index (χ0n) is 11.3. The van der Waals surface area contributed by atoms with Crippen LogP contribution in [0.15, 0.2) is 36.4 Å². The van der Waals surface area contributed by atoms with Crippen molar-refractivity contribution in [3.05, 3.63) is 47.0 Å². The van der Waals surface area contributed by atoms with Crippen molar-refractivity contribution in [2.75, 3.05) is 14.2 Å². The summed E-state index contributed by atoms with van der Waals surface area (Å²) in [4.78, 5) is 0. The molecule has 0 heterocycles. The highest BCUT2D eigenvalue weighted by Crippen LogP contribution is 2.31. The molecule has 2 aromatic carbocycles. The molecule has 102 valence electrons. The van der Waals surface area contributed by atoms with Gasteiger partial charge in [0.25, 0.3) is 0 Å². The summed E-state index contributed by atoms with van der Waals surface area (Å²) < 4.78 is 10.5. The lowest BCUT2D eigenvalue weighted by Gasteiger charge is -2.10. The number of hydrogen-bond donors (Lipinski definition) is 0. The molecule has 0 aromatic heterocycles. The van der Waals surface area contributed by atoms with Crippen molar-refractivity contribution in [1.82, 2.24) is 0 Å². The third kappa shape index (κ3) is 3.23. The van der Waals surface area contributed by atoms with E-state index < -0.39 is 0 Å². The van der Waals surface area contributed by atoms with Gasteiger partial charge in [0.2, 0.25) is 0 Å². The molecule has 0 aliphatic rings. The van der Waals surface area contributed by atoms with Crippen LogP contribution in [0.1, 0.15) is 5.56 Å². The van der Waals surface area contributed by atoms with Crippen LogP contribution in [-0.4, -0.2) is 14.2 Å². The minimum absolute atomic E-state index is 0.328. The number of nitrogens with zero attached hydrogens (tertiary/aromatic N) is 1. The van der Waals surface area contributed by atoms with E-state index in [1.807, 2.05) is 30.3 Å². The Hall–Kier alpha value is -2.18. The topological polar surface area (TPSA) is 42.2 Å². The highest BCUT2D eigenvalue weighted by atomic mass is 35.5. The fourth-order valence-corrected chi connectivity index (χ4v) is 2.24. The molecule has 0 amide bonds. The molecule has 4 heteroatoms. The molecule has 0 atom stereocenters. The predicted molar refractivity (Wildman–Crippen MR) is 79.3 cm³/mol. The number of rotatable bonds is 4. The first-order valence-corrected chi connectivity index (χ1v) is 6.44. The Labute approximate surface area is 123 Å². The number of nitriles is 1. The maximum atomic E-state index is 8.80. The minimum Gasteiger partial charge on any atom is -0.497 e. The van der Waals surface area contributed by atoms with Crippen molar-refractivity contribution in [3.8, 4) is 28.7 Å². The van der Waals surface area contributed by atoms with Crippen molar-refractivity contribution in [2.24, 2.45) is 0 Å². The summed E-state index contributed by atoms with van der Waals surface area (Å²) >= 11 is 6.11. The molecule has 2 aromatic rings. The molecule has 0 aliphatic heterocycles. The Morgan fingerprint density at radius 1 is 0.950 bits per heavy atom. The van der Waals surface area contributed by atoms with Gasteiger partial charge in [0, 0.05) is 11.1 Å². The van der Waals surface area contributed by atoms with Gasteiger partial charge in [0.1, 0.15) is 11.5 Å². The van der Waals surface area contributed by atoms with Crippen LogP contribution in [0, 0.1) is 11.3 Å². The average molecular weight is 288 g/mol. The third-order valence-electron chi connectivity index (χ3n) is 2.93. The molecule has 0 saturated carbocycles. The minimum atomic E-state index is 0.328. The molecule has 0 saturated heterocycles. The van der Waals surface area contributed by atoms with Gasteiger partial charge in [0.05, 0.1) is 26.7 Å². The van der Waals surface area contributed by atoms with E-state index in [-0.39, 0.29) is 0 Å². The fourth-order valence-electron chi connectivity index (χ4n) is 1.98. The van der Waals surface area contributed by atoms with E-state index in [0.29, 0.717) is 22.9 Å². The van der Waals surface area contributed by atoms with E-state index in [9.17, 15) is 0 Å². The van der Waals surface area contributed by atoms with Crippen LogP contribution in [0.3, 0.4) is 0 Å². The van der Waals surface area contributed by atoms with Crippen LogP contribution in [0.2, 0.25) is 5.02 Å². The molecule has 0 unspecified atom stereocenters. The lowest BCUT2D eigenvalue weighted by molar-refractivity contribution is 0.394. The Morgan fingerprint density at radius 3 is 2.10 bits per heavy atom. The number of benzene rings is 2. The van der Waals surface area contributed by atoms with Crippen molar-refractivity contribution >= 4 is 11.6 Å². The molecular formula is C16H14ClNO2. The lowest BCUT2D eigenvalue weighted by atomic mass is 10.0. The zero-order chi connectivity index (χ0) is 14.5. The number of methoxy groups -OCH3 is 2. The van der Waals surface area contributed by atoms with Gasteiger partial charge in [-0.25, -0.2) is 0 Å². The van der Waals surface area contributed by atoms with Gasteiger partial charge in [0.15, 0.2) is 0 Å². The van der Waals surface area contributed by atoms with Crippen LogP contribution in [0.5, 0.6) is 11.5 Å². The number of ether oxygens (including phenoxy) is 2. The molecule has 0 aliphatic carbocycles. The van der Waals surface area contributed by atoms with Gasteiger partial charge >= 0.3 is 0 Å². The third-order valence-corrected chi connectivity index (χ3v) is 3.14. The monoisotopic (exact) mass is 287 g/mol. The molecule has 2 rings (SSSR count). The van der Waals surface area contributed by atoms with Crippen LogP contribution in [0.25, 0.3) is 11.1 Å². The van der Waals surface area contributed by atoms with Crippen molar-refractivity contribution in [1.29, 1.82) is 5.26 Å². The van der Waals surface area contributed by atoms with Gasteiger partial charge in [-0.15, -0.1) is 0 Å². The summed E-state index contributed by atoms with van der Waals surface area (Å²) in [6.45, 7) is 0. The van der Waals surface area contributed by atoms with E-state index in [1.165, 1.54) is 0 Å². The second kappa shape index (κ2) is 6.31. The van der Waals surface area contributed by atoms with Crippen LogP contribution in [0.4, 0.5) is 0 Å². The van der Waals surface area contributed by atoms with E-state index in [0.717, 1.165) is 16.7 Å². The van der Waals surface area contributed by atoms with Crippen molar-refractivity contribution in [2.45, 2.75) is 6.42 Å². The Kier molecular flexibility index (Phi) is 4.49. The first kappa shape index (κ1) is 14.2. The summed E-state index contributed by atoms with van der Waals surface area (Å²) in [5.74, 6) is 1.42. The second-order valence-electron chi connectivity index (χ2n) is 4.28. The van der Waals surface area contributed by atoms with Gasteiger partial charge in [-0.05, 0) is 41.0 Å². The molecule has 20 heavy (non-hydrogen) atoms. The van der Waals surface area contributed by atoms with E-state index in [1.54, 1.807) is 20.3 Å². The largest absolute Gasteiger partial charge is 0.497 e. The normalized spacial score (nSPS) is 9.90. The first-order chi connectivity index (χ1) is 9.66. The summed E-state index contributed by atoms with van der Waals surface area (Å²) in [6.07, 6.45) is 0.328. The second-order valence-corrected chi connectivity index (χ2v) is 4.72. The van der Waals surface area contributed by atoms with E-state index in [2.05, 4.69) is 6.07 Å². The van der Waals surface area contributed by atoms with Gasteiger partial charge in [-0.3, -0.25) is 0 Å². The number of halogens is 1. The Morgan fingerprint density at radius 2 is 1.55 bits per heavy atom. The molecule has 0 radical (unpaired) electrons. The molecule has 0 fully saturated rings. The average Bonchev–Trinajstić information content (AvgIpc) is 2.46. The maximum Gasteiger partial charge on any atom is 0.123 e.